The first-order chi connectivity index (χ1) is 11.6. The molecule has 0 atom stereocenters. The molecule has 1 N–H and O–H groups in total. The van der Waals surface area contributed by atoms with E-state index >= 15 is 0 Å². The number of aryl methyl sites for hydroxylation is 1. The van der Waals surface area contributed by atoms with Gasteiger partial charge in [-0.2, -0.15) is 44.6 Å². The van der Waals surface area contributed by atoms with Gasteiger partial charge in [-0.1, -0.05) is 6.07 Å². The summed E-state index contributed by atoms with van der Waals surface area (Å²) in [6.45, 7) is 0.842. The molecule has 2 aromatic rings. The minimum atomic E-state index is -6.52. The quantitative estimate of drug-likeness (QED) is 0.651. The van der Waals surface area contributed by atoms with E-state index in [1.807, 2.05) is 0 Å². The molecule has 0 spiro atoms. The summed E-state index contributed by atoms with van der Waals surface area (Å²) in [6, 6.07) is -0.380. The number of aromatic amines is 1. The molecule has 144 valence electrons. The zero-order valence-electron chi connectivity index (χ0n) is 12.5. The van der Waals surface area contributed by atoms with Gasteiger partial charge in [-0.05, 0) is 24.1 Å². The lowest BCUT2D eigenvalue weighted by atomic mass is 9.87. The fraction of sp³-hybridized carbons (Fsp3) is 0.357. The van der Waals surface area contributed by atoms with Crippen molar-refractivity contribution in [3.63, 3.8) is 0 Å². The number of hydrogen-bond donors (Lipinski definition) is 1. The topological polar surface area (TPSA) is 28.7 Å². The van der Waals surface area contributed by atoms with Crippen molar-refractivity contribution >= 4 is 0 Å². The Morgan fingerprint density at radius 1 is 0.846 bits per heavy atom. The van der Waals surface area contributed by atoms with Crippen LogP contribution in [0.15, 0.2) is 24.5 Å². The van der Waals surface area contributed by atoms with E-state index in [1.54, 1.807) is 0 Å². The Balaban J connectivity index is 2.87. The van der Waals surface area contributed by atoms with Crippen LogP contribution in [0, 0.1) is 6.92 Å². The Morgan fingerprint density at radius 2 is 1.38 bits per heavy atom. The van der Waals surface area contributed by atoms with Crippen LogP contribution in [0.25, 0.3) is 11.1 Å². The molecular weight excluding hydrogens is 386 g/mol. The van der Waals surface area contributed by atoms with Crippen molar-refractivity contribution < 1.29 is 43.9 Å². The van der Waals surface area contributed by atoms with Gasteiger partial charge in [-0.15, -0.1) is 0 Å². The van der Waals surface area contributed by atoms with Gasteiger partial charge in [0.2, 0.25) is 0 Å². The summed E-state index contributed by atoms with van der Waals surface area (Å²) >= 11 is 0. The third-order valence-corrected chi connectivity index (χ3v) is 3.61. The molecular formula is C14H8F10N2. The first-order valence-electron chi connectivity index (χ1n) is 6.64. The average Bonchev–Trinajstić information content (AvgIpc) is 2.95. The van der Waals surface area contributed by atoms with Gasteiger partial charge < -0.3 is 0 Å². The molecule has 0 saturated heterocycles. The van der Waals surface area contributed by atoms with Gasteiger partial charge in [-0.3, -0.25) is 5.10 Å². The zero-order chi connectivity index (χ0) is 20.1. The van der Waals surface area contributed by atoms with Crippen LogP contribution in [-0.4, -0.2) is 22.5 Å². The molecule has 0 aliphatic heterocycles. The van der Waals surface area contributed by atoms with E-state index in [1.165, 1.54) is 0 Å². The smallest absolute Gasteiger partial charge is 0.285 e. The standard InChI is InChI=1S/C14H8F10N2/c1-6-2-8(11(15,13(19,20)21)14(22,23)24)3-9(12(16,17)18)10(6)7-4-25-26-5-7/h2-5H,1H3,(H,25,26). The van der Waals surface area contributed by atoms with Crippen molar-refractivity contribution in [2.24, 2.45) is 0 Å². The van der Waals surface area contributed by atoms with Crippen molar-refractivity contribution in [1.82, 2.24) is 10.2 Å². The molecule has 2 nitrogen and oxygen atoms in total. The van der Waals surface area contributed by atoms with Gasteiger partial charge in [-0.25, -0.2) is 4.39 Å². The average molecular weight is 394 g/mol. The largest absolute Gasteiger partial charge is 0.435 e. The first-order valence-corrected chi connectivity index (χ1v) is 6.64. The maximum Gasteiger partial charge on any atom is 0.435 e. The van der Waals surface area contributed by atoms with Crippen molar-refractivity contribution in [1.29, 1.82) is 0 Å². The van der Waals surface area contributed by atoms with Crippen molar-refractivity contribution in [3.8, 4) is 11.1 Å². The van der Waals surface area contributed by atoms with Crippen LogP contribution in [0.2, 0.25) is 0 Å². The molecule has 26 heavy (non-hydrogen) atoms. The van der Waals surface area contributed by atoms with Crippen LogP contribution in [-0.2, 0) is 11.8 Å². The summed E-state index contributed by atoms with van der Waals surface area (Å²) in [4.78, 5) is 0. The second kappa shape index (κ2) is 5.88. The van der Waals surface area contributed by atoms with Crippen LogP contribution in [0.5, 0.6) is 0 Å². The molecule has 12 heteroatoms. The highest BCUT2D eigenvalue weighted by Gasteiger charge is 2.73. The number of aromatic nitrogens is 2. The molecule has 0 radical (unpaired) electrons. The maximum absolute atomic E-state index is 14.1. The highest BCUT2D eigenvalue weighted by molar-refractivity contribution is 5.71. The van der Waals surface area contributed by atoms with E-state index < -0.39 is 52.5 Å². The monoisotopic (exact) mass is 394 g/mol. The molecule has 1 aromatic heterocycles. The predicted molar refractivity (Wildman–Crippen MR) is 68.7 cm³/mol. The number of rotatable bonds is 2. The van der Waals surface area contributed by atoms with E-state index in [-0.39, 0.29) is 11.6 Å². The molecule has 0 fully saturated rings. The second-order valence-corrected chi connectivity index (χ2v) is 5.35. The molecule has 0 aliphatic carbocycles. The fourth-order valence-corrected chi connectivity index (χ4v) is 2.47. The van der Waals surface area contributed by atoms with Crippen LogP contribution >= 0.6 is 0 Å². The highest BCUT2D eigenvalue weighted by atomic mass is 19.4. The number of nitrogens with one attached hydrogen (secondary N) is 1. The summed E-state index contributed by atoms with van der Waals surface area (Å²) in [5.41, 5.74) is -11.6. The van der Waals surface area contributed by atoms with E-state index in [0.29, 0.717) is 0 Å². The van der Waals surface area contributed by atoms with Gasteiger partial charge >= 0.3 is 24.2 Å². The third-order valence-electron chi connectivity index (χ3n) is 3.61. The van der Waals surface area contributed by atoms with Crippen LogP contribution in [0.4, 0.5) is 43.9 Å². The van der Waals surface area contributed by atoms with E-state index in [0.717, 1.165) is 19.3 Å². The number of alkyl halides is 10. The summed E-state index contributed by atoms with van der Waals surface area (Å²) < 4.78 is 131. The lowest BCUT2D eigenvalue weighted by molar-refractivity contribution is -0.348. The summed E-state index contributed by atoms with van der Waals surface area (Å²) in [6.07, 6.45) is -16.5. The third kappa shape index (κ3) is 3.12. The first kappa shape index (κ1) is 20.0. The molecule has 2 rings (SSSR count). The number of benzene rings is 1. The van der Waals surface area contributed by atoms with E-state index in [4.69, 9.17) is 0 Å². The van der Waals surface area contributed by atoms with Crippen LogP contribution < -0.4 is 0 Å². The Hall–Kier alpha value is -2.27. The SMILES string of the molecule is Cc1cc(C(F)(C(F)(F)F)C(F)(F)F)cc(C(F)(F)F)c1-c1cn[nH]c1. The van der Waals surface area contributed by atoms with E-state index in [9.17, 15) is 43.9 Å². The van der Waals surface area contributed by atoms with Crippen molar-refractivity contribution in [2.75, 3.05) is 0 Å². The number of hydrogen-bond acceptors (Lipinski definition) is 1. The predicted octanol–water partition coefficient (Wildman–Crippen LogP) is 5.69. The van der Waals surface area contributed by atoms with E-state index in [2.05, 4.69) is 10.2 Å². The molecule has 0 unspecified atom stereocenters. The molecule has 0 amide bonds. The minimum Gasteiger partial charge on any atom is -0.285 e. The lowest BCUT2D eigenvalue weighted by Crippen LogP contribution is -2.50. The highest BCUT2D eigenvalue weighted by Crippen LogP contribution is 2.54. The fourth-order valence-electron chi connectivity index (χ4n) is 2.47. The van der Waals surface area contributed by atoms with Crippen molar-refractivity contribution in [2.45, 2.75) is 31.1 Å². The Morgan fingerprint density at radius 3 is 1.77 bits per heavy atom. The van der Waals surface area contributed by atoms with Gasteiger partial charge in [0.15, 0.2) is 0 Å². The Kier molecular flexibility index (Phi) is 4.53. The van der Waals surface area contributed by atoms with Crippen LogP contribution in [0.3, 0.4) is 0 Å². The summed E-state index contributed by atoms with van der Waals surface area (Å²) in [7, 11) is 0. The molecule has 0 saturated carbocycles. The number of nitrogens with zero attached hydrogens (tertiary/aromatic N) is 1. The second-order valence-electron chi connectivity index (χ2n) is 5.35. The molecule has 1 aromatic carbocycles. The van der Waals surface area contributed by atoms with Gasteiger partial charge in [0.1, 0.15) is 0 Å². The maximum atomic E-state index is 14.1. The lowest BCUT2D eigenvalue weighted by Gasteiger charge is -2.31. The number of halogens is 10. The van der Waals surface area contributed by atoms with Gasteiger partial charge in [0, 0.05) is 17.3 Å². The van der Waals surface area contributed by atoms with Gasteiger partial charge in [0.25, 0.3) is 0 Å². The minimum absolute atomic E-state index is 0.0958. The summed E-state index contributed by atoms with van der Waals surface area (Å²) in [5, 5.41) is 5.56. The zero-order valence-corrected chi connectivity index (χ0v) is 12.5. The van der Waals surface area contributed by atoms with Gasteiger partial charge in [0.05, 0.1) is 11.8 Å². The number of H-pyrrole nitrogens is 1. The van der Waals surface area contributed by atoms with Crippen molar-refractivity contribution in [3.05, 3.63) is 41.2 Å². The Bertz CT molecular complexity index is 770. The molecule has 0 bridgehead atoms. The summed E-state index contributed by atoms with van der Waals surface area (Å²) in [5.74, 6) is 0. The molecule has 0 aliphatic rings. The molecule has 1 heterocycles. The Labute approximate surface area is 138 Å². The normalized spacial score (nSPS) is 14.0. The van der Waals surface area contributed by atoms with Crippen LogP contribution in [0.1, 0.15) is 16.7 Å².